The number of carbonyl (C=O) groups is 3. The largest absolute Gasteiger partial charge is 0.457 e. The number of benzene rings is 3. The average molecular weight is 526 g/mol. The molecule has 1 fully saturated rings. The van der Waals surface area contributed by atoms with Gasteiger partial charge in [-0.05, 0) is 73.6 Å². The van der Waals surface area contributed by atoms with Gasteiger partial charge in [-0.2, -0.15) is 0 Å². The summed E-state index contributed by atoms with van der Waals surface area (Å²) in [5.41, 5.74) is 3.10. The van der Waals surface area contributed by atoms with Gasteiger partial charge in [-0.15, -0.1) is 0 Å². The van der Waals surface area contributed by atoms with Gasteiger partial charge in [0.25, 0.3) is 0 Å². The topological polar surface area (TPSA) is 87.7 Å². The molecule has 202 valence electrons. The van der Waals surface area contributed by atoms with Crippen molar-refractivity contribution in [3.05, 3.63) is 95.6 Å². The minimum Gasteiger partial charge on any atom is -0.457 e. The Kier molecular flexibility index (Phi) is 8.25. The summed E-state index contributed by atoms with van der Waals surface area (Å²) in [7, 11) is 0. The molecule has 0 saturated carbocycles. The third-order valence-corrected chi connectivity index (χ3v) is 7.42. The zero-order valence-electron chi connectivity index (χ0n) is 22.3. The Morgan fingerprint density at radius 1 is 0.897 bits per heavy atom. The van der Waals surface area contributed by atoms with E-state index in [1.165, 1.54) is 0 Å². The van der Waals surface area contributed by atoms with E-state index >= 15 is 0 Å². The quantitative estimate of drug-likeness (QED) is 0.519. The summed E-state index contributed by atoms with van der Waals surface area (Å²) in [6.07, 6.45) is 3.01. The number of carbonyl (C=O) groups excluding carboxylic acids is 3. The molecule has 39 heavy (non-hydrogen) atoms. The van der Waals surface area contributed by atoms with Crippen LogP contribution in [0.4, 0.5) is 0 Å². The number of nitrogens with one attached hydrogen (secondary N) is 2. The van der Waals surface area contributed by atoms with Crippen molar-refractivity contribution < 1.29 is 19.1 Å². The van der Waals surface area contributed by atoms with Gasteiger partial charge in [0.05, 0.1) is 12.5 Å². The summed E-state index contributed by atoms with van der Waals surface area (Å²) in [5, 5.41) is 5.88. The molecule has 7 heteroatoms. The highest BCUT2D eigenvalue weighted by molar-refractivity contribution is 5.92. The van der Waals surface area contributed by atoms with E-state index in [0.717, 1.165) is 35.3 Å². The maximum Gasteiger partial charge on any atom is 0.243 e. The lowest BCUT2D eigenvalue weighted by atomic mass is 10.0. The predicted molar refractivity (Wildman–Crippen MR) is 149 cm³/mol. The van der Waals surface area contributed by atoms with E-state index in [9.17, 15) is 14.4 Å². The third kappa shape index (κ3) is 6.85. The molecular weight excluding hydrogens is 490 g/mol. The summed E-state index contributed by atoms with van der Waals surface area (Å²) in [5.74, 6) is 0.701. The Labute approximate surface area is 229 Å². The first-order valence-electron chi connectivity index (χ1n) is 13.7. The Balaban J connectivity index is 1.35. The van der Waals surface area contributed by atoms with Crippen molar-refractivity contribution in [2.24, 2.45) is 0 Å². The van der Waals surface area contributed by atoms with E-state index < -0.39 is 6.04 Å². The van der Waals surface area contributed by atoms with Gasteiger partial charge in [0.1, 0.15) is 17.5 Å². The van der Waals surface area contributed by atoms with Crippen LogP contribution in [-0.2, 0) is 27.2 Å². The minimum absolute atomic E-state index is 0.0102. The fourth-order valence-electron chi connectivity index (χ4n) is 5.45. The number of amides is 3. The Morgan fingerprint density at radius 2 is 1.69 bits per heavy atom. The van der Waals surface area contributed by atoms with Crippen LogP contribution in [0.25, 0.3) is 0 Å². The number of hydrogen-bond donors (Lipinski definition) is 2. The Hall–Kier alpha value is -4.13. The molecule has 0 spiro atoms. The van der Waals surface area contributed by atoms with Gasteiger partial charge >= 0.3 is 0 Å². The third-order valence-electron chi connectivity index (χ3n) is 7.42. The smallest absolute Gasteiger partial charge is 0.243 e. The average Bonchev–Trinajstić information content (AvgIpc) is 3.43. The molecule has 2 N–H and O–H groups in total. The van der Waals surface area contributed by atoms with Gasteiger partial charge < -0.3 is 20.3 Å². The molecule has 3 aromatic rings. The van der Waals surface area contributed by atoms with E-state index in [2.05, 4.69) is 10.6 Å². The monoisotopic (exact) mass is 525 g/mol. The number of ether oxygens (including phenoxy) is 1. The van der Waals surface area contributed by atoms with Gasteiger partial charge in [0, 0.05) is 19.0 Å². The lowest BCUT2D eigenvalue weighted by molar-refractivity contribution is -0.137. The zero-order chi connectivity index (χ0) is 27.2. The maximum absolute atomic E-state index is 13.5. The van der Waals surface area contributed by atoms with Crippen molar-refractivity contribution in [1.82, 2.24) is 15.5 Å². The van der Waals surface area contributed by atoms with Gasteiger partial charge in [-0.25, -0.2) is 0 Å². The van der Waals surface area contributed by atoms with Gasteiger partial charge in [-0.3, -0.25) is 14.4 Å². The highest BCUT2D eigenvalue weighted by Crippen LogP contribution is 2.32. The van der Waals surface area contributed by atoms with Crippen LogP contribution in [0.5, 0.6) is 11.5 Å². The summed E-state index contributed by atoms with van der Waals surface area (Å²) >= 11 is 0. The summed E-state index contributed by atoms with van der Waals surface area (Å²) in [6.45, 7) is 2.57. The molecular formula is C32H35N3O4. The van der Waals surface area contributed by atoms with Crippen molar-refractivity contribution in [2.45, 2.75) is 63.6 Å². The molecule has 3 atom stereocenters. The fraction of sp³-hybridized carbons (Fsp3) is 0.344. The lowest BCUT2D eigenvalue weighted by Crippen LogP contribution is -2.51. The van der Waals surface area contributed by atoms with Gasteiger partial charge in [0.2, 0.25) is 17.7 Å². The predicted octanol–water partition coefficient (Wildman–Crippen LogP) is 4.71. The number of likely N-dealkylation sites (tertiary alicyclic amines) is 1. The van der Waals surface area contributed by atoms with E-state index in [-0.39, 0.29) is 42.6 Å². The normalized spacial score (nSPS) is 22.0. The molecule has 3 aliphatic heterocycles. The minimum atomic E-state index is -0.947. The number of rotatable bonds is 3. The van der Waals surface area contributed by atoms with Crippen LogP contribution in [0.2, 0.25) is 0 Å². The molecule has 6 rings (SSSR count). The van der Waals surface area contributed by atoms with Crippen LogP contribution < -0.4 is 15.4 Å². The van der Waals surface area contributed by atoms with Crippen molar-refractivity contribution in [2.75, 3.05) is 6.54 Å². The highest BCUT2D eigenvalue weighted by atomic mass is 16.5. The van der Waals surface area contributed by atoms with E-state index in [1.807, 2.05) is 90.7 Å². The zero-order valence-corrected chi connectivity index (χ0v) is 22.3. The van der Waals surface area contributed by atoms with Crippen LogP contribution in [0.15, 0.2) is 78.9 Å². The van der Waals surface area contributed by atoms with Crippen molar-refractivity contribution in [1.29, 1.82) is 0 Å². The first kappa shape index (κ1) is 26.5. The second-order valence-corrected chi connectivity index (χ2v) is 10.5. The van der Waals surface area contributed by atoms with Crippen LogP contribution >= 0.6 is 0 Å². The van der Waals surface area contributed by atoms with E-state index in [4.69, 9.17) is 4.74 Å². The molecule has 3 heterocycles. The van der Waals surface area contributed by atoms with Crippen molar-refractivity contribution in [3.63, 3.8) is 0 Å². The molecule has 0 radical (unpaired) electrons. The van der Waals surface area contributed by atoms with Gasteiger partial charge in [-0.1, -0.05) is 54.6 Å². The van der Waals surface area contributed by atoms with Crippen LogP contribution in [0.1, 0.15) is 55.3 Å². The Bertz CT molecular complexity index is 1310. The van der Waals surface area contributed by atoms with Crippen LogP contribution in [-0.4, -0.2) is 41.2 Å². The first-order chi connectivity index (χ1) is 18.9. The second-order valence-electron chi connectivity index (χ2n) is 10.5. The standard InChI is InChI=1S/C32H35N3O4/c1-22-19-24-12-15-26(16-13-24)39-27-10-5-7-23(20-27)14-17-30(36)34-28(32(38)33-22)21-31(37)35-18-6-11-29(35)25-8-3-2-4-9-25/h2-5,7-10,12-13,15-16,20,22,28-29H,6,11,14,17-19,21H2,1H3,(H,33,38)(H,34,36)/t22?,28?,29-/m1/s1. The second kappa shape index (κ2) is 12.2. The van der Waals surface area contributed by atoms with Crippen LogP contribution in [0, 0.1) is 0 Å². The molecule has 3 aliphatic rings. The summed E-state index contributed by atoms with van der Waals surface area (Å²) < 4.78 is 6.01. The number of fused-ring (bicyclic) bond motifs is 10. The van der Waals surface area contributed by atoms with Crippen molar-refractivity contribution in [3.8, 4) is 11.5 Å². The van der Waals surface area contributed by atoms with E-state index in [0.29, 0.717) is 25.1 Å². The molecule has 2 unspecified atom stereocenters. The summed E-state index contributed by atoms with van der Waals surface area (Å²) in [6, 6.07) is 24.3. The first-order valence-corrected chi connectivity index (χ1v) is 13.7. The molecule has 0 aliphatic carbocycles. The molecule has 1 saturated heterocycles. The highest BCUT2D eigenvalue weighted by Gasteiger charge is 2.33. The number of aryl methyl sites for hydroxylation is 1. The summed E-state index contributed by atoms with van der Waals surface area (Å²) in [4.78, 5) is 41.8. The SMILES string of the molecule is CC1Cc2ccc(cc2)Oc2cccc(c2)CCC(=O)NC(CC(=O)N2CCC[C@@H]2c2ccccc2)C(=O)N1. The number of nitrogens with zero attached hydrogens (tertiary/aromatic N) is 1. The van der Waals surface area contributed by atoms with Crippen molar-refractivity contribution >= 4 is 17.7 Å². The molecule has 3 amide bonds. The maximum atomic E-state index is 13.5. The molecule has 4 bridgehead atoms. The number of hydrogen-bond acceptors (Lipinski definition) is 4. The Morgan fingerprint density at radius 3 is 2.49 bits per heavy atom. The van der Waals surface area contributed by atoms with E-state index in [1.54, 1.807) is 0 Å². The molecule has 0 aromatic heterocycles. The van der Waals surface area contributed by atoms with Crippen LogP contribution in [0.3, 0.4) is 0 Å². The lowest BCUT2D eigenvalue weighted by Gasteiger charge is -2.28. The molecule has 3 aromatic carbocycles. The fourth-order valence-corrected chi connectivity index (χ4v) is 5.45. The van der Waals surface area contributed by atoms with Gasteiger partial charge in [0.15, 0.2) is 0 Å². The molecule has 7 nitrogen and oxygen atoms in total.